The highest BCUT2D eigenvalue weighted by Gasteiger charge is 2.39. The number of rotatable bonds is 5. The van der Waals surface area contributed by atoms with Crippen LogP contribution in [0.15, 0.2) is 170 Å². The number of hydrogen-bond donors (Lipinski definition) is 0. The van der Waals surface area contributed by atoms with E-state index in [2.05, 4.69) is 147 Å². The molecule has 0 saturated heterocycles. The summed E-state index contributed by atoms with van der Waals surface area (Å²) in [6.07, 6.45) is 0. The van der Waals surface area contributed by atoms with E-state index in [-0.39, 0.29) is 5.41 Å². The van der Waals surface area contributed by atoms with Crippen molar-refractivity contribution in [2.45, 2.75) is 19.3 Å². The second-order valence-electron chi connectivity index (χ2n) is 14.2. The standard InChI is InChI=1S/C49H34N2O2/c1-49(2)39-22-10-9-21-38(39)46-40(49)24-26-44-47(46)53-45-29-35(23-25-43(45)52-44)34-18-11-19-36(27-34)42-30-41(32-15-7-4-8-16-32)50-48(51-42)37-20-12-17-33(28-37)31-13-5-3-6-14-31/h3-30H,1-2H3. The summed E-state index contributed by atoms with van der Waals surface area (Å²) in [5, 5.41) is 0. The maximum absolute atomic E-state index is 6.77. The molecule has 0 unspecified atom stereocenters. The Bertz CT molecular complexity index is 2700. The molecule has 7 aromatic carbocycles. The molecular formula is C49H34N2O2. The highest BCUT2D eigenvalue weighted by Crippen LogP contribution is 2.58. The van der Waals surface area contributed by atoms with Crippen LogP contribution in [0.5, 0.6) is 23.0 Å². The Balaban J connectivity index is 1.04. The summed E-state index contributed by atoms with van der Waals surface area (Å²) in [6, 6.07) is 58.8. The van der Waals surface area contributed by atoms with E-state index in [1.54, 1.807) is 0 Å². The van der Waals surface area contributed by atoms with Crippen LogP contribution in [-0.4, -0.2) is 9.97 Å². The van der Waals surface area contributed by atoms with Gasteiger partial charge in [-0.3, -0.25) is 0 Å². The van der Waals surface area contributed by atoms with Gasteiger partial charge in [0.15, 0.2) is 28.8 Å². The second-order valence-corrected chi connectivity index (χ2v) is 14.2. The maximum atomic E-state index is 6.77. The van der Waals surface area contributed by atoms with Crippen molar-refractivity contribution >= 4 is 0 Å². The molecule has 0 fully saturated rings. The van der Waals surface area contributed by atoms with Crippen molar-refractivity contribution in [3.63, 3.8) is 0 Å². The molecule has 0 atom stereocenters. The Hall–Kier alpha value is -6.78. The molecule has 0 N–H and O–H groups in total. The quantitative estimate of drug-likeness (QED) is 0.181. The van der Waals surface area contributed by atoms with Crippen LogP contribution in [-0.2, 0) is 5.41 Å². The van der Waals surface area contributed by atoms with Crippen LogP contribution in [0.25, 0.3) is 67.3 Å². The number of hydrogen-bond acceptors (Lipinski definition) is 4. The molecule has 4 heteroatoms. The van der Waals surface area contributed by atoms with Crippen molar-refractivity contribution in [2.75, 3.05) is 0 Å². The van der Waals surface area contributed by atoms with Crippen LogP contribution in [0.2, 0.25) is 0 Å². The maximum Gasteiger partial charge on any atom is 0.178 e. The molecule has 252 valence electrons. The lowest BCUT2D eigenvalue weighted by molar-refractivity contribution is 0.360. The molecule has 0 amide bonds. The summed E-state index contributed by atoms with van der Waals surface area (Å²) < 4.78 is 13.2. The third kappa shape index (κ3) is 5.30. The van der Waals surface area contributed by atoms with E-state index in [0.717, 1.165) is 67.4 Å². The molecule has 1 aliphatic carbocycles. The van der Waals surface area contributed by atoms with Crippen LogP contribution in [0.4, 0.5) is 0 Å². The van der Waals surface area contributed by atoms with Crippen molar-refractivity contribution in [1.82, 2.24) is 9.97 Å². The van der Waals surface area contributed by atoms with Crippen LogP contribution >= 0.6 is 0 Å². The molecule has 0 bridgehead atoms. The summed E-state index contributed by atoms with van der Waals surface area (Å²) >= 11 is 0. The van der Waals surface area contributed by atoms with Gasteiger partial charge in [-0.05, 0) is 75.3 Å². The molecule has 0 spiro atoms. The first-order valence-electron chi connectivity index (χ1n) is 18.0. The minimum absolute atomic E-state index is 0.126. The van der Waals surface area contributed by atoms with E-state index in [4.69, 9.17) is 19.4 Å². The normalized spacial score (nSPS) is 13.2. The third-order valence-corrected chi connectivity index (χ3v) is 10.6. The highest BCUT2D eigenvalue weighted by molar-refractivity contribution is 5.88. The number of fused-ring (bicyclic) bond motifs is 6. The Kier molecular flexibility index (Phi) is 7.12. The fourth-order valence-corrected chi connectivity index (χ4v) is 7.81. The zero-order valence-electron chi connectivity index (χ0n) is 29.4. The van der Waals surface area contributed by atoms with Crippen LogP contribution in [0.1, 0.15) is 25.0 Å². The van der Waals surface area contributed by atoms with Gasteiger partial charge < -0.3 is 9.47 Å². The molecule has 0 radical (unpaired) electrons. The van der Waals surface area contributed by atoms with Gasteiger partial charge >= 0.3 is 0 Å². The van der Waals surface area contributed by atoms with Crippen LogP contribution < -0.4 is 9.47 Å². The van der Waals surface area contributed by atoms with Gasteiger partial charge in [-0.25, -0.2) is 9.97 Å². The summed E-state index contributed by atoms with van der Waals surface area (Å²) in [5.74, 6) is 3.59. The lowest BCUT2D eigenvalue weighted by Crippen LogP contribution is -2.15. The second kappa shape index (κ2) is 12.2. The van der Waals surface area contributed by atoms with Gasteiger partial charge in [0.2, 0.25) is 0 Å². The first kappa shape index (κ1) is 31.0. The molecule has 2 heterocycles. The number of aromatic nitrogens is 2. The number of nitrogens with zero attached hydrogens (tertiary/aromatic N) is 2. The number of benzene rings is 7. The highest BCUT2D eigenvalue weighted by atomic mass is 16.6. The summed E-state index contributed by atoms with van der Waals surface area (Å²) in [7, 11) is 0. The van der Waals surface area contributed by atoms with Crippen molar-refractivity contribution in [2.24, 2.45) is 0 Å². The SMILES string of the molecule is CC1(C)c2ccccc2-c2c1ccc1c2Oc2cc(-c3cccc(-c4cc(-c5ccccc5)nc(-c5cccc(-c6ccccc6)c5)n4)c3)ccc2O1. The summed E-state index contributed by atoms with van der Waals surface area (Å²) in [4.78, 5) is 10.3. The lowest BCUT2D eigenvalue weighted by Gasteiger charge is -2.25. The van der Waals surface area contributed by atoms with E-state index in [0.29, 0.717) is 17.3 Å². The smallest absolute Gasteiger partial charge is 0.178 e. The summed E-state index contributed by atoms with van der Waals surface area (Å²) in [6.45, 7) is 4.55. The van der Waals surface area contributed by atoms with Crippen molar-refractivity contribution < 1.29 is 9.47 Å². The van der Waals surface area contributed by atoms with Gasteiger partial charge in [-0.1, -0.05) is 147 Å². The third-order valence-electron chi connectivity index (χ3n) is 10.6. The fourth-order valence-electron chi connectivity index (χ4n) is 7.81. The molecule has 1 aromatic heterocycles. The van der Waals surface area contributed by atoms with Crippen molar-refractivity contribution in [3.05, 3.63) is 181 Å². The minimum atomic E-state index is -0.126. The van der Waals surface area contributed by atoms with Gasteiger partial charge in [0, 0.05) is 27.7 Å². The molecule has 0 saturated carbocycles. The van der Waals surface area contributed by atoms with Crippen LogP contribution in [0, 0.1) is 0 Å². The monoisotopic (exact) mass is 682 g/mol. The zero-order valence-corrected chi connectivity index (χ0v) is 29.4. The minimum Gasteiger partial charge on any atom is -0.449 e. The van der Waals surface area contributed by atoms with Gasteiger partial charge in [0.25, 0.3) is 0 Å². The first-order chi connectivity index (χ1) is 26.0. The van der Waals surface area contributed by atoms with Crippen LogP contribution in [0.3, 0.4) is 0 Å². The largest absolute Gasteiger partial charge is 0.449 e. The first-order valence-corrected chi connectivity index (χ1v) is 18.0. The van der Waals surface area contributed by atoms with E-state index in [1.807, 2.05) is 36.4 Å². The van der Waals surface area contributed by atoms with Crippen molar-refractivity contribution in [1.29, 1.82) is 0 Å². The Labute approximate surface area is 309 Å². The molecule has 10 rings (SSSR count). The van der Waals surface area contributed by atoms with Crippen molar-refractivity contribution in [3.8, 4) is 90.3 Å². The van der Waals surface area contributed by atoms with Gasteiger partial charge in [0.1, 0.15) is 0 Å². The fraction of sp³-hybridized carbons (Fsp3) is 0.0612. The zero-order chi connectivity index (χ0) is 35.5. The molecule has 8 aromatic rings. The Morgan fingerprint density at radius 3 is 1.77 bits per heavy atom. The molecule has 1 aliphatic heterocycles. The number of ether oxygens (including phenoxy) is 2. The predicted octanol–water partition coefficient (Wildman–Crippen LogP) is 13.0. The van der Waals surface area contributed by atoms with Gasteiger partial charge in [-0.15, -0.1) is 0 Å². The van der Waals surface area contributed by atoms with Gasteiger partial charge in [0.05, 0.1) is 11.4 Å². The Morgan fingerprint density at radius 1 is 0.396 bits per heavy atom. The Morgan fingerprint density at radius 2 is 0.981 bits per heavy atom. The van der Waals surface area contributed by atoms with E-state index in [9.17, 15) is 0 Å². The lowest BCUT2D eigenvalue weighted by atomic mass is 9.82. The average molecular weight is 683 g/mol. The predicted molar refractivity (Wildman–Crippen MR) is 213 cm³/mol. The topological polar surface area (TPSA) is 44.2 Å². The molecular weight excluding hydrogens is 649 g/mol. The molecule has 2 aliphatic rings. The average Bonchev–Trinajstić information content (AvgIpc) is 3.46. The molecule has 4 nitrogen and oxygen atoms in total. The van der Waals surface area contributed by atoms with Gasteiger partial charge in [-0.2, -0.15) is 0 Å². The molecule has 53 heavy (non-hydrogen) atoms. The van der Waals surface area contributed by atoms with E-state index in [1.165, 1.54) is 16.7 Å². The van der Waals surface area contributed by atoms with E-state index >= 15 is 0 Å². The van der Waals surface area contributed by atoms with E-state index < -0.39 is 0 Å². The summed E-state index contributed by atoms with van der Waals surface area (Å²) in [5.41, 5.74) is 13.8.